The maximum Gasteiger partial charge on any atom is 0.241 e. The van der Waals surface area contributed by atoms with Gasteiger partial charge < -0.3 is 15.8 Å². The van der Waals surface area contributed by atoms with E-state index in [-0.39, 0.29) is 11.8 Å². The van der Waals surface area contributed by atoms with Gasteiger partial charge in [-0.15, -0.1) is 0 Å². The highest BCUT2D eigenvalue weighted by molar-refractivity contribution is 6.76. The zero-order chi connectivity index (χ0) is 18.4. The molecule has 1 aromatic heterocycles. The van der Waals surface area contributed by atoms with E-state index in [4.69, 9.17) is 10.5 Å². The molecule has 1 aromatic rings. The third-order valence-corrected chi connectivity index (χ3v) is 6.70. The summed E-state index contributed by atoms with van der Waals surface area (Å²) in [7, 11) is -1.07. The number of amides is 1. The first-order valence-corrected chi connectivity index (χ1v) is 13.1. The molecule has 3 N–H and O–H groups in total. The van der Waals surface area contributed by atoms with E-state index in [2.05, 4.69) is 37.0 Å². The Morgan fingerprint density at radius 3 is 2.72 bits per heavy atom. The number of nitrogens with two attached hydrogens (primary N) is 1. The Morgan fingerprint density at radius 1 is 1.40 bits per heavy atom. The largest absolute Gasteiger partial charge is 0.360 e. The second-order valence-corrected chi connectivity index (χ2v) is 14.3. The molecule has 7 heteroatoms. The number of rotatable bonds is 8. The predicted molar refractivity (Wildman–Crippen MR) is 104 cm³/mol. The van der Waals surface area contributed by atoms with Crippen molar-refractivity contribution in [1.29, 1.82) is 0 Å². The third kappa shape index (κ3) is 6.91. The van der Waals surface area contributed by atoms with Gasteiger partial charge in [-0.3, -0.25) is 4.79 Å². The van der Waals surface area contributed by atoms with Gasteiger partial charge in [-0.1, -0.05) is 39.4 Å². The standard InChI is InChI=1S/C18H34N4O2Si/c1-14-5-7-15(8-6-14)17(19)18(23)21-16-11-20-22(12-16)13-24-9-10-25(2,3)4/h11-12,14-15,17H,5-10,13,19H2,1-4H3,(H,21,23)/t14?,15?,17-/m0/s1. The summed E-state index contributed by atoms with van der Waals surface area (Å²) < 4.78 is 7.37. The molecular weight excluding hydrogens is 332 g/mol. The van der Waals surface area contributed by atoms with E-state index in [9.17, 15) is 4.79 Å². The lowest BCUT2D eigenvalue weighted by atomic mass is 9.79. The number of ether oxygens (including phenoxy) is 1. The van der Waals surface area contributed by atoms with Crippen LogP contribution in [0.4, 0.5) is 5.69 Å². The van der Waals surface area contributed by atoms with Crippen molar-refractivity contribution < 1.29 is 9.53 Å². The zero-order valence-electron chi connectivity index (χ0n) is 16.1. The lowest BCUT2D eigenvalue weighted by molar-refractivity contribution is -0.118. The monoisotopic (exact) mass is 366 g/mol. The Hall–Kier alpha value is -1.18. The molecule has 0 radical (unpaired) electrons. The first kappa shape index (κ1) is 20.1. The molecule has 0 aliphatic heterocycles. The highest BCUT2D eigenvalue weighted by atomic mass is 28.3. The number of nitrogens with zero attached hydrogens (tertiary/aromatic N) is 2. The van der Waals surface area contributed by atoms with E-state index < -0.39 is 14.1 Å². The van der Waals surface area contributed by atoms with Crippen molar-refractivity contribution in [3.8, 4) is 0 Å². The van der Waals surface area contributed by atoms with E-state index in [1.807, 2.05) is 0 Å². The van der Waals surface area contributed by atoms with Gasteiger partial charge >= 0.3 is 0 Å². The van der Waals surface area contributed by atoms with Crippen LogP contribution in [0.3, 0.4) is 0 Å². The molecule has 6 nitrogen and oxygen atoms in total. The highest BCUT2D eigenvalue weighted by Gasteiger charge is 2.28. The molecule has 0 bridgehead atoms. The fourth-order valence-electron chi connectivity index (χ4n) is 3.12. The van der Waals surface area contributed by atoms with Crippen molar-refractivity contribution in [2.24, 2.45) is 17.6 Å². The molecule has 0 saturated heterocycles. The van der Waals surface area contributed by atoms with Gasteiger partial charge in [-0.25, -0.2) is 4.68 Å². The van der Waals surface area contributed by atoms with Crippen molar-refractivity contribution in [3.63, 3.8) is 0 Å². The first-order chi connectivity index (χ1) is 11.7. The molecule has 0 unspecified atom stereocenters. The minimum Gasteiger partial charge on any atom is -0.360 e. The fraction of sp³-hybridized carbons (Fsp3) is 0.778. The Morgan fingerprint density at radius 2 is 2.08 bits per heavy atom. The molecule has 142 valence electrons. The predicted octanol–water partition coefficient (Wildman–Crippen LogP) is 3.29. The van der Waals surface area contributed by atoms with Crippen LogP contribution in [0.1, 0.15) is 32.6 Å². The molecule has 1 saturated carbocycles. The van der Waals surface area contributed by atoms with Crippen molar-refractivity contribution >= 4 is 19.7 Å². The van der Waals surface area contributed by atoms with Gasteiger partial charge in [0.05, 0.1) is 24.1 Å². The van der Waals surface area contributed by atoms with Crippen molar-refractivity contribution in [3.05, 3.63) is 12.4 Å². The van der Waals surface area contributed by atoms with Gasteiger partial charge in [0.15, 0.2) is 0 Å². The minimum absolute atomic E-state index is 0.112. The maximum atomic E-state index is 12.4. The number of anilines is 1. The Balaban J connectivity index is 1.75. The maximum absolute atomic E-state index is 12.4. The van der Waals surface area contributed by atoms with Crippen LogP contribution in [0.5, 0.6) is 0 Å². The second kappa shape index (κ2) is 8.96. The van der Waals surface area contributed by atoms with Crippen LogP contribution in [0.15, 0.2) is 12.4 Å². The van der Waals surface area contributed by atoms with Crippen LogP contribution < -0.4 is 11.1 Å². The molecule has 2 rings (SSSR count). The van der Waals surface area contributed by atoms with Crippen molar-refractivity contribution in [2.75, 3.05) is 11.9 Å². The van der Waals surface area contributed by atoms with E-state index in [1.54, 1.807) is 17.1 Å². The minimum atomic E-state index is -1.07. The molecule has 1 fully saturated rings. The van der Waals surface area contributed by atoms with E-state index in [0.717, 1.165) is 31.4 Å². The van der Waals surface area contributed by atoms with Gasteiger partial charge in [-0.2, -0.15) is 5.10 Å². The number of nitrogens with one attached hydrogen (secondary N) is 1. The summed E-state index contributed by atoms with van der Waals surface area (Å²) >= 11 is 0. The summed E-state index contributed by atoms with van der Waals surface area (Å²) in [5, 5.41) is 7.12. The Kier molecular flexibility index (Phi) is 7.21. The number of carbonyl (C=O) groups is 1. The summed E-state index contributed by atoms with van der Waals surface area (Å²) in [5.74, 6) is 0.931. The lowest BCUT2D eigenvalue weighted by Crippen LogP contribution is -2.43. The average Bonchev–Trinajstić information content (AvgIpc) is 2.98. The van der Waals surface area contributed by atoms with Crippen molar-refractivity contribution in [1.82, 2.24) is 9.78 Å². The smallest absolute Gasteiger partial charge is 0.241 e. The molecule has 1 heterocycles. The highest BCUT2D eigenvalue weighted by Crippen LogP contribution is 2.30. The number of carbonyl (C=O) groups excluding carboxylic acids is 1. The molecule has 1 atom stereocenters. The summed E-state index contributed by atoms with van der Waals surface area (Å²) in [5.41, 5.74) is 6.85. The van der Waals surface area contributed by atoms with Crippen LogP contribution in [-0.2, 0) is 16.3 Å². The second-order valence-electron chi connectivity index (χ2n) is 8.65. The SMILES string of the molecule is CC1CCC([C@H](N)C(=O)Nc2cnn(COCC[Si](C)(C)C)c2)CC1. The fourth-order valence-corrected chi connectivity index (χ4v) is 3.88. The van der Waals surface area contributed by atoms with Gasteiger partial charge in [0, 0.05) is 14.7 Å². The van der Waals surface area contributed by atoms with Crippen LogP contribution in [0.25, 0.3) is 0 Å². The molecule has 1 aliphatic rings. The quantitative estimate of drug-likeness (QED) is 0.546. The number of hydrogen-bond donors (Lipinski definition) is 2. The molecule has 25 heavy (non-hydrogen) atoms. The summed E-state index contributed by atoms with van der Waals surface area (Å²) in [6.07, 6.45) is 7.86. The molecule has 1 amide bonds. The Bertz CT molecular complexity index is 548. The van der Waals surface area contributed by atoms with Crippen LogP contribution in [0, 0.1) is 11.8 Å². The summed E-state index contributed by atoms with van der Waals surface area (Å²) in [6, 6.07) is 0.691. The van der Waals surface area contributed by atoms with Gasteiger partial charge in [0.2, 0.25) is 5.91 Å². The third-order valence-electron chi connectivity index (χ3n) is 4.99. The zero-order valence-corrected chi connectivity index (χ0v) is 17.1. The molecular formula is C18H34N4O2Si. The molecule has 0 spiro atoms. The van der Waals surface area contributed by atoms with Crippen LogP contribution in [0.2, 0.25) is 25.7 Å². The summed E-state index contributed by atoms with van der Waals surface area (Å²) in [6.45, 7) is 10.4. The van der Waals surface area contributed by atoms with Crippen LogP contribution >= 0.6 is 0 Å². The Labute approximate surface area is 152 Å². The van der Waals surface area contributed by atoms with Gasteiger partial charge in [-0.05, 0) is 30.7 Å². The van der Waals surface area contributed by atoms with E-state index in [1.165, 1.54) is 12.8 Å². The average molecular weight is 367 g/mol. The van der Waals surface area contributed by atoms with E-state index >= 15 is 0 Å². The van der Waals surface area contributed by atoms with Gasteiger partial charge in [0.25, 0.3) is 0 Å². The topological polar surface area (TPSA) is 82.2 Å². The number of aromatic nitrogens is 2. The van der Waals surface area contributed by atoms with Crippen molar-refractivity contribution in [2.45, 2.75) is 71.1 Å². The first-order valence-electron chi connectivity index (χ1n) is 9.41. The molecule has 0 aromatic carbocycles. The van der Waals surface area contributed by atoms with Crippen LogP contribution in [-0.4, -0.2) is 36.4 Å². The van der Waals surface area contributed by atoms with E-state index in [0.29, 0.717) is 12.4 Å². The summed E-state index contributed by atoms with van der Waals surface area (Å²) in [4.78, 5) is 12.4. The molecule has 1 aliphatic carbocycles. The lowest BCUT2D eigenvalue weighted by Gasteiger charge is -2.29. The van der Waals surface area contributed by atoms with Gasteiger partial charge in [0.1, 0.15) is 6.73 Å². The normalized spacial score (nSPS) is 22.6. The number of hydrogen-bond acceptors (Lipinski definition) is 4.